The number of rotatable bonds is 3. The molecule has 1 heterocycles. The summed E-state index contributed by atoms with van der Waals surface area (Å²) in [6.45, 7) is -0.187. The van der Waals surface area contributed by atoms with Gasteiger partial charge in [-0.05, 0) is 47.7 Å². The van der Waals surface area contributed by atoms with E-state index in [1.165, 1.54) is 18.2 Å². The van der Waals surface area contributed by atoms with Crippen LogP contribution in [0.2, 0.25) is 5.02 Å². The maximum atomic E-state index is 13.9. The van der Waals surface area contributed by atoms with Crippen molar-refractivity contribution < 1.29 is 14.0 Å². The van der Waals surface area contributed by atoms with Crippen LogP contribution in [-0.2, 0) is 11.3 Å². The lowest BCUT2D eigenvalue weighted by Crippen LogP contribution is -2.28. The molecule has 2 amide bonds. The number of thioether (sulfide) groups is 1. The maximum Gasteiger partial charge on any atom is 0.293 e. The number of imide groups is 1. The molecule has 0 spiro atoms. The van der Waals surface area contributed by atoms with Gasteiger partial charge in [-0.15, -0.1) is 0 Å². The van der Waals surface area contributed by atoms with E-state index in [4.69, 9.17) is 11.6 Å². The maximum absolute atomic E-state index is 13.9. The van der Waals surface area contributed by atoms with Gasteiger partial charge in [0, 0.05) is 15.1 Å². The molecule has 1 aliphatic rings. The van der Waals surface area contributed by atoms with Crippen LogP contribution in [0.15, 0.2) is 51.8 Å². The molecule has 3 rings (SSSR count). The zero-order valence-corrected chi connectivity index (χ0v) is 15.3. The quantitative estimate of drug-likeness (QED) is 0.610. The molecule has 2 aromatic rings. The van der Waals surface area contributed by atoms with Crippen molar-refractivity contribution in [2.75, 3.05) is 0 Å². The number of hydrogen-bond donors (Lipinski definition) is 0. The zero-order valence-electron chi connectivity index (χ0n) is 12.1. The van der Waals surface area contributed by atoms with E-state index in [1.54, 1.807) is 6.08 Å². The molecular formula is C17H10BrClFNO2S. The molecule has 0 aromatic heterocycles. The minimum Gasteiger partial charge on any atom is -0.268 e. The van der Waals surface area contributed by atoms with Crippen molar-refractivity contribution in [3.63, 3.8) is 0 Å². The SMILES string of the molecule is O=C1SC(=Cc2ccc(Br)cc2)C(=O)N1Cc1c(F)cccc1Cl. The summed E-state index contributed by atoms with van der Waals surface area (Å²) < 4.78 is 14.8. The van der Waals surface area contributed by atoms with Crippen LogP contribution in [0.1, 0.15) is 11.1 Å². The molecule has 0 atom stereocenters. The molecule has 0 unspecified atom stereocenters. The normalized spacial score (nSPS) is 16.3. The fraction of sp³-hybridized carbons (Fsp3) is 0.0588. The van der Waals surface area contributed by atoms with Gasteiger partial charge in [-0.25, -0.2) is 4.39 Å². The molecule has 1 fully saturated rings. The summed E-state index contributed by atoms with van der Waals surface area (Å²) in [5.41, 5.74) is 0.930. The minimum atomic E-state index is -0.543. The van der Waals surface area contributed by atoms with E-state index in [1.807, 2.05) is 24.3 Å². The average Bonchev–Trinajstić information content (AvgIpc) is 2.80. The van der Waals surface area contributed by atoms with Gasteiger partial charge in [0.2, 0.25) is 0 Å². The van der Waals surface area contributed by atoms with E-state index in [-0.39, 0.29) is 17.1 Å². The Balaban J connectivity index is 1.85. The first-order valence-electron chi connectivity index (χ1n) is 6.89. The van der Waals surface area contributed by atoms with Crippen molar-refractivity contribution in [1.82, 2.24) is 4.90 Å². The molecule has 1 aliphatic heterocycles. The molecule has 0 bridgehead atoms. The van der Waals surface area contributed by atoms with Gasteiger partial charge in [-0.3, -0.25) is 14.5 Å². The molecular weight excluding hydrogens is 417 g/mol. The number of nitrogens with zero attached hydrogens (tertiary/aromatic N) is 1. The predicted molar refractivity (Wildman–Crippen MR) is 97.1 cm³/mol. The van der Waals surface area contributed by atoms with Crippen molar-refractivity contribution >= 4 is 56.5 Å². The summed E-state index contributed by atoms with van der Waals surface area (Å²) in [6, 6.07) is 11.6. The second kappa shape index (κ2) is 7.09. The number of amides is 2. The van der Waals surface area contributed by atoms with Crippen molar-refractivity contribution in [2.24, 2.45) is 0 Å². The molecule has 0 N–H and O–H groups in total. The number of carbonyl (C=O) groups is 2. The third-order valence-corrected chi connectivity index (χ3v) is 5.21. The van der Waals surface area contributed by atoms with Crippen molar-refractivity contribution in [2.45, 2.75) is 6.54 Å². The number of carbonyl (C=O) groups excluding carboxylic acids is 2. The monoisotopic (exact) mass is 425 g/mol. The average molecular weight is 427 g/mol. The second-order valence-corrected chi connectivity index (χ2v) is 7.34. The van der Waals surface area contributed by atoms with E-state index in [9.17, 15) is 14.0 Å². The van der Waals surface area contributed by atoms with Crippen LogP contribution >= 0.6 is 39.3 Å². The van der Waals surface area contributed by atoms with Crippen LogP contribution < -0.4 is 0 Å². The molecule has 7 heteroatoms. The third-order valence-electron chi connectivity index (χ3n) is 3.42. The topological polar surface area (TPSA) is 37.4 Å². The first-order chi connectivity index (χ1) is 11.5. The standard InChI is InChI=1S/C17H10BrClFNO2S/c18-11-6-4-10(5-7-11)8-15-16(22)21(17(23)24-15)9-12-13(19)2-1-3-14(12)20/h1-8H,9H2. The smallest absolute Gasteiger partial charge is 0.268 e. The zero-order chi connectivity index (χ0) is 17.3. The van der Waals surface area contributed by atoms with E-state index in [0.717, 1.165) is 26.7 Å². The Kier molecular flexibility index (Phi) is 5.08. The Hall–Kier alpha value is -1.63. The lowest BCUT2D eigenvalue weighted by molar-refractivity contribution is -0.123. The van der Waals surface area contributed by atoms with Crippen molar-refractivity contribution in [3.05, 3.63) is 73.8 Å². The lowest BCUT2D eigenvalue weighted by atomic mass is 10.2. The van der Waals surface area contributed by atoms with Crippen LogP contribution in [0.3, 0.4) is 0 Å². The summed E-state index contributed by atoms with van der Waals surface area (Å²) in [4.78, 5) is 25.9. The Bertz CT molecular complexity index is 834. The molecule has 3 nitrogen and oxygen atoms in total. The Morgan fingerprint density at radius 1 is 1.17 bits per heavy atom. The third kappa shape index (κ3) is 3.55. The summed E-state index contributed by atoms with van der Waals surface area (Å²) in [5.74, 6) is -0.995. The number of halogens is 3. The van der Waals surface area contributed by atoms with E-state index in [0.29, 0.717) is 4.91 Å². The predicted octanol–water partition coefficient (Wildman–Crippen LogP) is 5.48. The summed E-state index contributed by atoms with van der Waals surface area (Å²) in [7, 11) is 0. The molecule has 122 valence electrons. The fourth-order valence-electron chi connectivity index (χ4n) is 2.19. The first-order valence-corrected chi connectivity index (χ1v) is 8.88. The molecule has 1 saturated heterocycles. The van der Waals surface area contributed by atoms with E-state index in [2.05, 4.69) is 15.9 Å². The van der Waals surface area contributed by atoms with Crippen LogP contribution in [0.5, 0.6) is 0 Å². The van der Waals surface area contributed by atoms with E-state index < -0.39 is 17.0 Å². The van der Waals surface area contributed by atoms with E-state index >= 15 is 0 Å². The highest BCUT2D eigenvalue weighted by atomic mass is 79.9. The Labute approximate surface area is 155 Å². The van der Waals surface area contributed by atoms with Crippen LogP contribution in [0.4, 0.5) is 9.18 Å². The molecule has 0 aliphatic carbocycles. The van der Waals surface area contributed by atoms with Gasteiger partial charge in [0.05, 0.1) is 11.4 Å². The fourth-order valence-corrected chi connectivity index (χ4v) is 3.51. The van der Waals surface area contributed by atoms with Crippen molar-refractivity contribution in [1.29, 1.82) is 0 Å². The highest BCUT2D eigenvalue weighted by Gasteiger charge is 2.35. The number of benzene rings is 2. The molecule has 0 saturated carbocycles. The lowest BCUT2D eigenvalue weighted by Gasteiger charge is -2.14. The Morgan fingerprint density at radius 2 is 1.88 bits per heavy atom. The van der Waals surface area contributed by atoms with Crippen LogP contribution in [0, 0.1) is 5.82 Å². The van der Waals surface area contributed by atoms with Gasteiger partial charge in [0.25, 0.3) is 11.1 Å². The van der Waals surface area contributed by atoms with Crippen LogP contribution in [0.25, 0.3) is 6.08 Å². The van der Waals surface area contributed by atoms with Gasteiger partial charge in [-0.1, -0.05) is 45.7 Å². The minimum absolute atomic E-state index is 0.131. The molecule has 0 radical (unpaired) electrons. The summed E-state index contributed by atoms with van der Waals surface area (Å²) >= 11 is 10.1. The van der Waals surface area contributed by atoms with Crippen molar-refractivity contribution in [3.8, 4) is 0 Å². The largest absolute Gasteiger partial charge is 0.293 e. The van der Waals surface area contributed by atoms with Gasteiger partial charge < -0.3 is 0 Å². The molecule has 24 heavy (non-hydrogen) atoms. The summed E-state index contributed by atoms with van der Waals surface area (Å²) in [6.07, 6.45) is 1.64. The molecule has 2 aromatic carbocycles. The highest BCUT2D eigenvalue weighted by Crippen LogP contribution is 2.34. The Morgan fingerprint density at radius 3 is 2.54 bits per heavy atom. The highest BCUT2D eigenvalue weighted by molar-refractivity contribution is 9.10. The van der Waals surface area contributed by atoms with Gasteiger partial charge in [0.1, 0.15) is 5.82 Å². The first kappa shape index (κ1) is 17.2. The second-order valence-electron chi connectivity index (χ2n) is 5.02. The van der Waals surface area contributed by atoms with Gasteiger partial charge in [0.15, 0.2) is 0 Å². The van der Waals surface area contributed by atoms with Gasteiger partial charge >= 0.3 is 0 Å². The van der Waals surface area contributed by atoms with Crippen LogP contribution in [-0.4, -0.2) is 16.0 Å². The summed E-state index contributed by atoms with van der Waals surface area (Å²) in [5, 5.41) is -0.256. The van der Waals surface area contributed by atoms with Gasteiger partial charge in [-0.2, -0.15) is 0 Å². The number of hydrogen-bond acceptors (Lipinski definition) is 3.